The highest BCUT2D eigenvalue weighted by Gasteiger charge is 2.45. The maximum Gasteiger partial charge on any atom is 0.404 e. The maximum absolute atomic E-state index is 14.9. The van der Waals surface area contributed by atoms with Crippen molar-refractivity contribution in [3.8, 4) is 11.4 Å². The molecule has 0 bridgehead atoms. The monoisotopic (exact) mass is 493 g/mol. The molecule has 6 rings (SSSR count). The van der Waals surface area contributed by atoms with Crippen molar-refractivity contribution in [2.24, 2.45) is 0 Å². The maximum atomic E-state index is 14.9. The van der Waals surface area contributed by atoms with Gasteiger partial charge in [0, 0.05) is 35.0 Å². The fraction of sp³-hybridized carbons (Fsp3) is 0.385. The minimum Gasteiger partial charge on any atom is -0.465 e. The summed E-state index contributed by atoms with van der Waals surface area (Å²) in [4.78, 5) is 42.0. The number of aromatic nitrogens is 2. The Hall–Kier alpha value is -3.79. The summed E-state index contributed by atoms with van der Waals surface area (Å²) in [7, 11) is 0. The lowest BCUT2D eigenvalue weighted by Gasteiger charge is -2.31. The van der Waals surface area contributed by atoms with Crippen LogP contribution in [0.25, 0.3) is 22.3 Å². The van der Waals surface area contributed by atoms with Crippen molar-refractivity contribution in [2.45, 2.75) is 57.8 Å². The Morgan fingerprint density at radius 3 is 2.81 bits per heavy atom. The van der Waals surface area contributed by atoms with E-state index in [0.717, 1.165) is 22.1 Å². The van der Waals surface area contributed by atoms with E-state index >= 15 is 0 Å². The number of amides is 1. The van der Waals surface area contributed by atoms with Gasteiger partial charge in [-0.05, 0) is 48.9 Å². The van der Waals surface area contributed by atoms with Gasteiger partial charge in [0.1, 0.15) is 12.4 Å². The number of benzene rings is 1. The third-order valence-electron chi connectivity index (χ3n) is 8.00. The van der Waals surface area contributed by atoms with E-state index in [9.17, 15) is 29.0 Å². The number of fused-ring (bicyclic) bond motifs is 5. The van der Waals surface area contributed by atoms with Crippen LogP contribution in [0.2, 0.25) is 0 Å². The number of carbonyl (C=O) groups excluding carboxylic acids is 1. The first-order chi connectivity index (χ1) is 17.2. The molecule has 0 radical (unpaired) electrons. The first kappa shape index (κ1) is 22.7. The summed E-state index contributed by atoms with van der Waals surface area (Å²) < 4.78 is 21.5. The summed E-state index contributed by atoms with van der Waals surface area (Å²) in [6.07, 6.45) is 0.0996. The molecule has 0 saturated heterocycles. The van der Waals surface area contributed by atoms with Crippen LogP contribution in [0.3, 0.4) is 0 Å². The van der Waals surface area contributed by atoms with Crippen LogP contribution in [0.5, 0.6) is 0 Å². The standard InChI is InChI=1S/C26H24FN3O6/c1-3-26(35)16-6-19-22-14(9-30(19)23(31)15(16)10-36-24(26)32)20-12(8-28-25(33)34)4-5-13-11(2)17(27)7-18(29-22)21(13)20/h6-7,12,28,35H,3-5,8-10H2,1-2H3,(H,33,34)/t12?,26-/m0/s1. The Bertz CT molecular complexity index is 1580. The number of carbonyl (C=O) groups is 2. The number of cyclic esters (lactones) is 1. The Kier molecular flexibility index (Phi) is 4.79. The molecule has 9 nitrogen and oxygen atoms in total. The molecule has 1 unspecified atom stereocenters. The van der Waals surface area contributed by atoms with Crippen molar-refractivity contribution in [3.63, 3.8) is 0 Å². The van der Waals surface area contributed by atoms with E-state index < -0.39 is 17.7 Å². The van der Waals surface area contributed by atoms with Crippen molar-refractivity contribution in [1.29, 1.82) is 0 Å². The first-order valence-electron chi connectivity index (χ1n) is 11.9. The predicted octanol–water partition coefficient (Wildman–Crippen LogP) is 2.82. The number of nitrogens with one attached hydrogen (secondary N) is 1. The topological polar surface area (TPSA) is 131 Å². The largest absolute Gasteiger partial charge is 0.465 e. The van der Waals surface area contributed by atoms with Crippen molar-refractivity contribution in [1.82, 2.24) is 14.9 Å². The molecule has 2 atom stereocenters. The molecule has 36 heavy (non-hydrogen) atoms. The Labute approximate surface area is 204 Å². The van der Waals surface area contributed by atoms with Crippen LogP contribution < -0.4 is 10.9 Å². The van der Waals surface area contributed by atoms with Crippen molar-refractivity contribution >= 4 is 23.0 Å². The SMILES string of the molecule is CC[C@@]1(O)C(=O)OCc2c1cc1n(c2=O)Cc2c-1nc1cc(F)c(C)c3c1c2C(CNC(=O)O)CC3. The van der Waals surface area contributed by atoms with Gasteiger partial charge in [0.25, 0.3) is 5.56 Å². The van der Waals surface area contributed by atoms with E-state index in [4.69, 9.17) is 9.72 Å². The number of ether oxygens (including phenoxy) is 1. The smallest absolute Gasteiger partial charge is 0.404 e. The third-order valence-corrected chi connectivity index (χ3v) is 8.00. The van der Waals surface area contributed by atoms with Crippen LogP contribution in [0.15, 0.2) is 16.9 Å². The average Bonchev–Trinajstić information content (AvgIpc) is 3.22. The highest BCUT2D eigenvalue weighted by atomic mass is 19.1. The third kappa shape index (κ3) is 2.90. The van der Waals surface area contributed by atoms with E-state index in [0.29, 0.717) is 35.3 Å². The molecule has 2 aliphatic heterocycles. The molecule has 2 aromatic heterocycles. The van der Waals surface area contributed by atoms with Crippen molar-refractivity contribution in [2.75, 3.05) is 6.54 Å². The number of halogens is 1. The van der Waals surface area contributed by atoms with E-state index in [1.54, 1.807) is 24.5 Å². The van der Waals surface area contributed by atoms with Crippen LogP contribution in [0.1, 0.15) is 59.1 Å². The van der Waals surface area contributed by atoms with Crippen LogP contribution in [0.4, 0.5) is 9.18 Å². The lowest BCUT2D eigenvalue weighted by molar-refractivity contribution is -0.172. The van der Waals surface area contributed by atoms with Crippen LogP contribution >= 0.6 is 0 Å². The summed E-state index contributed by atoms with van der Waals surface area (Å²) in [5.41, 5.74) is 2.50. The zero-order valence-corrected chi connectivity index (χ0v) is 19.8. The van der Waals surface area contributed by atoms with Crippen LogP contribution in [-0.2, 0) is 34.7 Å². The zero-order chi connectivity index (χ0) is 25.5. The molecule has 4 heterocycles. The second-order valence-electron chi connectivity index (χ2n) is 9.73. The van der Waals surface area contributed by atoms with E-state index in [2.05, 4.69) is 5.32 Å². The molecule has 1 aromatic carbocycles. The summed E-state index contributed by atoms with van der Waals surface area (Å²) >= 11 is 0. The molecule has 3 N–H and O–H groups in total. The number of aryl methyl sites for hydroxylation is 1. The molecule has 1 aliphatic carbocycles. The van der Waals surface area contributed by atoms with Crippen LogP contribution in [0, 0.1) is 12.7 Å². The Morgan fingerprint density at radius 1 is 1.31 bits per heavy atom. The number of carboxylic acid groups (broad SMARTS) is 1. The van der Waals surface area contributed by atoms with Gasteiger partial charge in [-0.1, -0.05) is 6.92 Å². The number of hydrogen-bond donors (Lipinski definition) is 3. The van der Waals surface area contributed by atoms with Gasteiger partial charge in [-0.15, -0.1) is 0 Å². The molecule has 0 fully saturated rings. The quantitative estimate of drug-likeness (QED) is 0.374. The molecule has 1 amide bonds. The molecule has 3 aliphatic rings. The van der Waals surface area contributed by atoms with Gasteiger partial charge in [0.2, 0.25) is 0 Å². The average molecular weight is 493 g/mol. The number of hydrogen-bond acceptors (Lipinski definition) is 6. The molecule has 10 heteroatoms. The van der Waals surface area contributed by atoms with E-state index in [1.807, 2.05) is 0 Å². The molecule has 0 spiro atoms. The van der Waals surface area contributed by atoms with E-state index in [1.165, 1.54) is 6.07 Å². The lowest BCUT2D eigenvalue weighted by Crippen LogP contribution is -2.44. The number of nitrogens with zero attached hydrogens (tertiary/aromatic N) is 2. The number of esters is 1. The normalized spacial score (nSPS) is 21.6. The first-order valence-corrected chi connectivity index (χ1v) is 11.9. The molecular weight excluding hydrogens is 469 g/mol. The zero-order valence-electron chi connectivity index (χ0n) is 19.8. The molecule has 186 valence electrons. The highest BCUT2D eigenvalue weighted by molar-refractivity contribution is 5.93. The summed E-state index contributed by atoms with van der Waals surface area (Å²) in [6.45, 7) is 3.52. The van der Waals surface area contributed by atoms with Crippen LogP contribution in [-0.4, -0.2) is 38.4 Å². The number of pyridine rings is 2. The van der Waals surface area contributed by atoms with Gasteiger partial charge in [0.05, 0.1) is 29.0 Å². The molecular formula is C26H24FN3O6. The minimum absolute atomic E-state index is 0.0295. The summed E-state index contributed by atoms with van der Waals surface area (Å²) in [5.74, 6) is -1.36. The molecule has 3 aromatic rings. The lowest BCUT2D eigenvalue weighted by atomic mass is 9.78. The van der Waals surface area contributed by atoms with Gasteiger partial charge in [-0.2, -0.15) is 0 Å². The van der Waals surface area contributed by atoms with Gasteiger partial charge >= 0.3 is 12.1 Å². The van der Waals surface area contributed by atoms with Crippen molar-refractivity contribution in [3.05, 3.63) is 61.7 Å². The van der Waals surface area contributed by atoms with Gasteiger partial charge in [-0.3, -0.25) is 4.79 Å². The highest BCUT2D eigenvalue weighted by Crippen LogP contribution is 2.46. The van der Waals surface area contributed by atoms with E-state index in [-0.39, 0.29) is 54.5 Å². The Morgan fingerprint density at radius 2 is 2.08 bits per heavy atom. The predicted molar refractivity (Wildman–Crippen MR) is 126 cm³/mol. The Balaban J connectivity index is 1.65. The van der Waals surface area contributed by atoms with Gasteiger partial charge in [0.15, 0.2) is 5.60 Å². The minimum atomic E-state index is -1.94. The fourth-order valence-electron chi connectivity index (χ4n) is 6.07. The summed E-state index contributed by atoms with van der Waals surface area (Å²) in [6, 6.07) is 3.00. The van der Waals surface area contributed by atoms with Crippen molar-refractivity contribution < 1.29 is 28.9 Å². The van der Waals surface area contributed by atoms with Gasteiger partial charge in [-0.25, -0.2) is 19.0 Å². The number of aliphatic hydroxyl groups is 1. The second kappa shape index (κ2) is 7.60. The van der Waals surface area contributed by atoms with Gasteiger partial charge < -0.3 is 24.8 Å². The second-order valence-corrected chi connectivity index (χ2v) is 9.73. The number of rotatable bonds is 3. The summed E-state index contributed by atoms with van der Waals surface area (Å²) in [5, 5.41) is 23.6. The fourth-order valence-corrected chi connectivity index (χ4v) is 6.07. The molecule has 0 saturated carbocycles.